The molecule has 1 fully saturated rings. The van der Waals surface area contributed by atoms with Crippen molar-refractivity contribution in [1.82, 2.24) is 5.32 Å². The average molecular weight is 332 g/mol. The monoisotopic (exact) mass is 332 g/mol. The van der Waals surface area contributed by atoms with Gasteiger partial charge in [0.15, 0.2) is 17.1 Å². The molecule has 2 atom stereocenters. The fourth-order valence-electron chi connectivity index (χ4n) is 2.95. The smallest absolute Gasteiger partial charge is 0.287 e. The fourth-order valence-corrected chi connectivity index (χ4v) is 2.95. The van der Waals surface area contributed by atoms with Crippen LogP contribution in [0.15, 0.2) is 16.5 Å². The molecule has 0 spiro atoms. The highest BCUT2D eigenvalue weighted by Gasteiger charge is 2.31. The Bertz CT molecular complexity index is 753. The number of benzene rings is 1. The molecule has 1 saturated carbocycles. The van der Waals surface area contributed by atoms with E-state index < -0.39 is 0 Å². The van der Waals surface area contributed by atoms with Gasteiger partial charge in [0.25, 0.3) is 5.91 Å². The summed E-state index contributed by atoms with van der Waals surface area (Å²) in [5.74, 6) is 1.23. The Labute approximate surface area is 141 Å². The zero-order valence-corrected chi connectivity index (χ0v) is 14.3. The Kier molecular flexibility index (Phi) is 4.66. The van der Waals surface area contributed by atoms with E-state index in [4.69, 9.17) is 19.6 Å². The number of nitrogens with two attached hydrogens (primary N) is 1. The maximum Gasteiger partial charge on any atom is 0.287 e. The molecule has 1 aliphatic rings. The number of furan rings is 1. The summed E-state index contributed by atoms with van der Waals surface area (Å²) in [5, 5.41) is 3.80. The van der Waals surface area contributed by atoms with Gasteiger partial charge in [-0.25, -0.2) is 0 Å². The molecule has 0 unspecified atom stereocenters. The van der Waals surface area contributed by atoms with Crippen molar-refractivity contribution in [3.05, 3.63) is 23.5 Å². The number of carbonyl (C=O) groups is 1. The zero-order chi connectivity index (χ0) is 17.3. The van der Waals surface area contributed by atoms with Crippen molar-refractivity contribution < 1.29 is 18.7 Å². The van der Waals surface area contributed by atoms with Gasteiger partial charge in [-0.3, -0.25) is 4.79 Å². The van der Waals surface area contributed by atoms with Crippen molar-refractivity contribution >= 4 is 16.9 Å². The SMILES string of the molecule is CCOc1ccc2c(C)c(C(=O)N[C@@H]3CC[C@@H]3N)oc2c1OCC. The summed E-state index contributed by atoms with van der Waals surface area (Å²) in [5.41, 5.74) is 7.23. The number of aryl methyl sites for hydroxylation is 1. The molecule has 0 bridgehead atoms. The van der Waals surface area contributed by atoms with Gasteiger partial charge in [0.1, 0.15) is 0 Å². The van der Waals surface area contributed by atoms with Crippen LogP contribution in [0.1, 0.15) is 42.8 Å². The van der Waals surface area contributed by atoms with Crippen molar-refractivity contribution in [1.29, 1.82) is 0 Å². The van der Waals surface area contributed by atoms with E-state index in [2.05, 4.69) is 5.32 Å². The van der Waals surface area contributed by atoms with E-state index >= 15 is 0 Å². The van der Waals surface area contributed by atoms with Crippen LogP contribution >= 0.6 is 0 Å². The molecule has 1 amide bonds. The quantitative estimate of drug-likeness (QED) is 0.849. The molecule has 0 saturated heterocycles. The summed E-state index contributed by atoms with van der Waals surface area (Å²) in [7, 11) is 0. The van der Waals surface area contributed by atoms with Gasteiger partial charge in [-0.05, 0) is 45.7 Å². The third kappa shape index (κ3) is 2.82. The molecule has 130 valence electrons. The molecule has 24 heavy (non-hydrogen) atoms. The van der Waals surface area contributed by atoms with Crippen LogP contribution < -0.4 is 20.5 Å². The molecule has 6 nitrogen and oxygen atoms in total. The maximum atomic E-state index is 12.5. The molecule has 1 aromatic heterocycles. The predicted molar refractivity (Wildman–Crippen MR) is 91.8 cm³/mol. The fraction of sp³-hybridized carbons (Fsp3) is 0.500. The molecular formula is C18H24N2O4. The van der Waals surface area contributed by atoms with Gasteiger partial charge in [-0.1, -0.05) is 0 Å². The second-order valence-electron chi connectivity index (χ2n) is 6.01. The number of rotatable bonds is 6. The maximum absolute atomic E-state index is 12.5. The largest absolute Gasteiger partial charge is 0.490 e. The molecule has 1 heterocycles. The van der Waals surface area contributed by atoms with E-state index in [9.17, 15) is 4.79 Å². The molecule has 0 radical (unpaired) electrons. The van der Waals surface area contributed by atoms with Gasteiger partial charge in [0.2, 0.25) is 5.75 Å². The lowest BCUT2D eigenvalue weighted by atomic mass is 9.87. The highest BCUT2D eigenvalue weighted by atomic mass is 16.5. The number of carbonyl (C=O) groups excluding carboxylic acids is 1. The van der Waals surface area contributed by atoms with Gasteiger partial charge in [-0.2, -0.15) is 0 Å². The van der Waals surface area contributed by atoms with Gasteiger partial charge >= 0.3 is 0 Å². The second kappa shape index (κ2) is 6.73. The van der Waals surface area contributed by atoms with Gasteiger partial charge in [0, 0.05) is 23.0 Å². The minimum atomic E-state index is -0.232. The molecule has 3 rings (SSSR count). The number of amides is 1. The predicted octanol–water partition coefficient (Wildman–Crippen LogP) is 2.76. The number of hydrogen-bond acceptors (Lipinski definition) is 5. The first-order valence-electron chi connectivity index (χ1n) is 8.44. The van der Waals surface area contributed by atoms with E-state index in [1.165, 1.54) is 0 Å². The molecule has 3 N–H and O–H groups in total. The highest BCUT2D eigenvalue weighted by Crippen LogP contribution is 2.39. The number of ether oxygens (including phenoxy) is 2. The minimum absolute atomic E-state index is 0.0236. The number of nitrogens with one attached hydrogen (secondary N) is 1. The van der Waals surface area contributed by atoms with E-state index in [0.717, 1.165) is 23.8 Å². The lowest BCUT2D eigenvalue weighted by molar-refractivity contribution is 0.0878. The first kappa shape index (κ1) is 16.6. The summed E-state index contributed by atoms with van der Waals surface area (Å²) in [4.78, 5) is 12.5. The van der Waals surface area contributed by atoms with Crippen LogP contribution in [0, 0.1) is 6.92 Å². The third-order valence-corrected chi connectivity index (χ3v) is 4.46. The molecule has 6 heteroatoms. The lowest BCUT2D eigenvalue weighted by Gasteiger charge is -2.33. The van der Waals surface area contributed by atoms with Crippen LogP contribution in [0.3, 0.4) is 0 Å². The summed E-state index contributed by atoms with van der Waals surface area (Å²) in [6.45, 7) is 6.69. The van der Waals surface area contributed by atoms with Crippen LogP contribution in [0.4, 0.5) is 0 Å². The Morgan fingerprint density at radius 3 is 2.62 bits per heavy atom. The minimum Gasteiger partial charge on any atom is -0.490 e. The van der Waals surface area contributed by atoms with Crippen molar-refractivity contribution in [3.8, 4) is 11.5 Å². The Hall–Kier alpha value is -2.21. The average Bonchev–Trinajstić information content (AvgIpc) is 2.91. The van der Waals surface area contributed by atoms with Crippen molar-refractivity contribution in [2.24, 2.45) is 5.73 Å². The number of hydrogen-bond donors (Lipinski definition) is 2. The van der Waals surface area contributed by atoms with E-state index in [1.807, 2.05) is 32.9 Å². The Morgan fingerprint density at radius 1 is 1.29 bits per heavy atom. The number of fused-ring (bicyclic) bond motifs is 1. The standard InChI is InChI=1S/C18H24N2O4/c1-4-22-14-9-6-11-10(3)15(24-16(11)17(14)23-5-2)18(21)20-13-8-7-12(13)19/h6,9,12-13H,4-5,7-8,19H2,1-3H3,(H,20,21)/t12-,13+/m0/s1. The zero-order valence-electron chi connectivity index (χ0n) is 14.3. The first-order chi connectivity index (χ1) is 11.6. The molecule has 1 aliphatic carbocycles. The van der Waals surface area contributed by atoms with E-state index in [1.54, 1.807) is 0 Å². The lowest BCUT2D eigenvalue weighted by Crippen LogP contribution is -2.54. The van der Waals surface area contributed by atoms with Crippen LogP contribution in [0.2, 0.25) is 0 Å². The highest BCUT2D eigenvalue weighted by molar-refractivity contribution is 6.01. The van der Waals surface area contributed by atoms with Crippen molar-refractivity contribution in [2.45, 2.75) is 45.7 Å². The third-order valence-electron chi connectivity index (χ3n) is 4.46. The normalized spacial score (nSPS) is 19.8. The molecule has 1 aromatic carbocycles. The van der Waals surface area contributed by atoms with Crippen LogP contribution in [0.5, 0.6) is 11.5 Å². The van der Waals surface area contributed by atoms with Crippen LogP contribution in [-0.2, 0) is 0 Å². The summed E-state index contributed by atoms with van der Waals surface area (Å²) >= 11 is 0. The molecule has 0 aliphatic heterocycles. The summed E-state index contributed by atoms with van der Waals surface area (Å²) in [6, 6.07) is 3.80. The second-order valence-corrected chi connectivity index (χ2v) is 6.01. The molecule has 2 aromatic rings. The van der Waals surface area contributed by atoms with Gasteiger partial charge < -0.3 is 24.9 Å². The van der Waals surface area contributed by atoms with Gasteiger partial charge in [-0.15, -0.1) is 0 Å². The van der Waals surface area contributed by atoms with Crippen LogP contribution in [0.25, 0.3) is 11.0 Å². The van der Waals surface area contributed by atoms with Gasteiger partial charge in [0.05, 0.1) is 13.2 Å². The van der Waals surface area contributed by atoms with Crippen molar-refractivity contribution in [3.63, 3.8) is 0 Å². The van der Waals surface area contributed by atoms with Crippen molar-refractivity contribution in [2.75, 3.05) is 13.2 Å². The summed E-state index contributed by atoms with van der Waals surface area (Å²) < 4.78 is 17.2. The summed E-state index contributed by atoms with van der Waals surface area (Å²) in [6.07, 6.45) is 1.85. The molecular weight excluding hydrogens is 308 g/mol. The Balaban J connectivity index is 1.99. The van der Waals surface area contributed by atoms with Crippen LogP contribution in [-0.4, -0.2) is 31.2 Å². The van der Waals surface area contributed by atoms with E-state index in [0.29, 0.717) is 36.1 Å². The Morgan fingerprint density at radius 2 is 2.04 bits per heavy atom. The van der Waals surface area contributed by atoms with E-state index in [-0.39, 0.29) is 18.0 Å². The topological polar surface area (TPSA) is 86.7 Å². The first-order valence-corrected chi connectivity index (χ1v) is 8.44.